The highest BCUT2D eigenvalue weighted by molar-refractivity contribution is 7.89. The first-order valence-corrected chi connectivity index (χ1v) is 6.65. The highest BCUT2D eigenvalue weighted by atomic mass is 32.2. The quantitative estimate of drug-likeness (QED) is 0.737. The molecule has 1 amide bonds. The Morgan fingerprint density at radius 2 is 2.28 bits per heavy atom. The Bertz CT molecular complexity index is 603. The molecule has 2 heterocycles. The first kappa shape index (κ1) is 12.5. The molecule has 7 nitrogen and oxygen atoms in total. The summed E-state index contributed by atoms with van der Waals surface area (Å²) in [4.78, 5) is 14.6. The van der Waals surface area contributed by atoms with Gasteiger partial charge in [-0.3, -0.25) is 4.79 Å². The predicted molar refractivity (Wildman–Crippen MR) is 60.7 cm³/mol. The van der Waals surface area contributed by atoms with E-state index in [0.29, 0.717) is 0 Å². The van der Waals surface area contributed by atoms with Crippen LogP contribution in [0.2, 0.25) is 0 Å². The Labute approximate surface area is 104 Å². The van der Waals surface area contributed by atoms with Crippen molar-refractivity contribution in [2.45, 2.75) is 17.4 Å². The Balaban J connectivity index is 2.15. The summed E-state index contributed by atoms with van der Waals surface area (Å²) in [5.41, 5.74) is 0.145. The number of hydrogen-bond acceptors (Lipinski definition) is 5. The lowest BCUT2D eigenvalue weighted by Gasteiger charge is -2.10. The lowest BCUT2D eigenvalue weighted by Crippen LogP contribution is -2.36. The SMILES string of the molecule is N#Cc1ccc(S(=O)(=O)NC2CNC(=O)C2)cn1. The molecule has 0 aliphatic carbocycles. The standard InChI is InChI=1S/C10H10N4O3S/c11-4-7-1-2-9(6-12-7)18(16,17)14-8-3-10(15)13-5-8/h1-2,6,8,14H,3,5H2,(H,13,15). The molecule has 1 unspecified atom stereocenters. The normalized spacial score (nSPS) is 19.3. The fourth-order valence-corrected chi connectivity index (χ4v) is 2.76. The van der Waals surface area contributed by atoms with Crippen LogP contribution in [0.15, 0.2) is 23.2 Å². The Morgan fingerprint density at radius 1 is 1.50 bits per heavy atom. The van der Waals surface area contributed by atoms with Gasteiger partial charge in [-0.2, -0.15) is 5.26 Å². The van der Waals surface area contributed by atoms with Crippen LogP contribution in [0.1, 0.15) is 12.1 Å². The smallest absolute Gasteiger partial charge is 0.242 e. The molecule has 0 aromatic carbocycles. The summed E-state index contributed by atoms with van der Waals surface area (Å²) in [6.45, 7) is 0.280. The van der Waals surface area contributed by atoms with Crippen LogP contribution in [0.3, 0.4) is 0 Å². The van der Waals surface area contributed by atoms with Gasteiger partial charge < -0.3 is 5.32 Å². The lowest BCUT2D eigenvalue weighted by atomic mass is 10.3. The van der Waals surface area contributed by atoms with E-state index in [4.69, 9.17) is 5.26 Å². The van der Waals surface area contributed by atoms with Crippen LogP contribution in [0, 0.1) is 11.3 Å². The zero-order valence-corrected chi connectivity index (χ0v) is 10.1. The van der Waals surface area contributed by atoms with Crippen LogP contribution in [0.25, 0.3) is 0 Å². The molecule has 1 aromatic rings. The molecule has 1 fully saturated rings. The van der Waals surface area contributed by atoms with Crippen molar-refractivity contribution >= 4 is 15.9 Å². The summed E-state index contributed by atoms with van der Waals surface area (Å²) in [5.74, 6) is -0.180. The summed E-state index contributed by atoms with van der Waals surface area (Å²) in [6.07, 6.45) is 1.24. The van der Waals surface area contributed by atoms with Crippen LogP contribution in [0.5, 0.6) is 0 Å². The number of aromatic nitrogens is 1. The van der Waals surface area contributed by atoms with Crippen LogP contribution >= 0.6 is 0 Å². The highest BCUT2D eigenvalue weighted by Crippen LogP contribution is 2.10. The van der Waals surface area contributed by atoms with E-state index in [-0.39, 0.29) is 29.5 Å². The number of amides is 1. The topological polar surface area (TPSA) is 112 Å². The molecular formula is C10H10N4O3S. The fraction of sp³-hybridized carbons (Fsp3) is 0.300. The van der Waals surface area contributed by atoms with E-state index in [0.717, 1.165) is 6.20 Å². The average Bonchev–Trinajstić information content (AvgIpc) is 2.74. The molecule has 1 aliphatic rings. The first-order valence-electron chi connectivity index (χ1n) is 5.16. The van der Waals surface area contributed by atoms with Crippen molar-refractivity contribution in [2.75, 3.05) is 6.54 Å². The van der Waals surface area contributed by atoms with Crippen molar-refractivity contribution in [1.29, 1.82) is 5.26 Å². The molecule has 0 bridgehead atoms. The second-order valence-corrected chi connectivity index (χ2v) is 5.53. The minimum atomic E-state index is -3.71. The lowest BCUT2D eigenvalue weighted by molar-refractivity contribution is -0.119. The zero-order chi connectivity index (χ0) is 13.2. The number of hydrogen-bond donors (Lipinski definition) is 2. The minimum absolute atomic E-state index is 0.0270. The van der Waals surface area contributed by atoms with Crippen LogP contribution in [-0.2, 0) is 14.8 Å². The van der Waals surface area contributed by atoms with E-state index >= 15 is 0 Å². The maximum Gasteiger partial charge on any atom is 0.242 e. The Kier molecular flexibility index (Phi) is 3.27. The second kappa shape index (κ2) is 4.72. The molecule has 2 rings (SSSR count). The third-order valence-corrected chi connectivity index (χ3v) is 3.97. The largest absolute Gasteiger partial charge is 0.354 e. The van der Waals surface area contributed by atoms with Gasteiger partial charge in [0, 0.05) is 25.2 Å². The minimum Gasteiger partial charge on any atom is -0.354 e. The van der Waals surface area contributed by atoms with E-state index in [1.807, 2.05) is 0 Å². The highest BCUT2D eigenvalue weighted by Gasteiger charge is 2.26. The molecule has 1 aromatic heterocycles. The van der Waals surface area contributed by atoms with Crippen molar-refractivity contribution in [3.05, 3.63) is 24.0 Å². The van der Waals surface area contributed by atoms with Gasteiger partial charge in [0.15, 0.2) is 0 Å². The van der Waals surface area contributed by atoms with E-state index in [1.54, 1.807) is 6.07 Å². The van der Waals surface area contributed by atoms with E-state index < -0.39 is 16.1 Å². The molecule has 1 aliphatic heterocycles. The Hall–Kier alpha value is -1.98. The molecule has 0 saturated carbocycles. The van der Waals surface area contributed by atoms with Gasteiger partial charge >= 0.3 is 0 Å². The van der Waals surface area contributed by atoms with Crippen molar-refractivity contribution in [1.82, 2.24) is 15.0 Å². The molecule has 8 heteroatoms. The zero-order valence-electron chi connectivity index (χ0n) is 9.25. The number of carbonyl (C=O) groups excluding carboxylic acids is 1. The fourth-order valence-electron chi connectivity index (χ4n) is 1.58. The van der Waals surface area contributed by atoms with Gasteiger partial charge in [0.1, 0.15) is 16.7 Å². The van der Waals surface area contributed by atoms with Crippen molar-refractivity contribution < 1.29 is 13.2 Å². The summed E-state index contributed by atoms with van der Waals surface area (Å²) in [5, 5.41) is 11.1. The monoisotopic (exact) mass is 266 g/mol. The van der Waals surface area contributed by atoms with Gasteiger partial charge in [0.25, 0.3) is 0 Å². The first-order chi connectivity index (χ1) is 8.51. The van der Waals surface area contributed by atoms with E-state index in [1.165, 1.54) is 12.1 Å². The number of carbonyl (C=O) groups is 1. The van der Waals surface area contributed by atoms with Crippen LogP contribution in [0.4, 0.5) is 0 Å². The molecule has 1 atom stereocenters. The predicted octanol–water partition coefficient (Wildman–Crippen LogP) is -0.880. The second-order valence-electron chi connectivity index (χ2n) is 3.82. The van der Waals surface area contributed by atoms with Crippen LogP contribution in [-0.4, -0.2) is 31.9 Å². The number of nitrogens with one attached hydrogen (secondary N) is 2. The molecule has 0 spiro atoms. The summed E-state index contributed by atoms with van der Waals surface area (Å²) < 4.78 is 26.2. The van der Waals surface area contributed by atoms with E-state index in [2.05, 4.69) is 15.0 Å². The van der Waals surface area contributed by atoms with Gasteiger partial charge in [0.05, 0.1) is 0 Å². The average molecular weight is 266 g/mol. The summed E-state index contributed by atoms with van der Waals surface area (Å²) in [7, 11) is -3.71. The number of rotatable bonds is 3. The Morgan fingerprint density at radius 3 is 2.78 bits per heavy atom. The molecule has 2 N–H and O–H groups in total. The number of nitrogens with zero attached hydrogens (tertiary/aromatic N) is 2. The third-order valence-electron chi connectivity index (χ3n) is 2.46. The van der Waals surface area contributed by atoms with Crippen molar-refractivity contribution in [3.63, 3.8) is 0 Å². The van der Waals surface area contributed by atoms with E-state index in [9.17, 15) is 13.2 Å². The van der Waals surface area contributed by atoms with Gasteiger partial charge in [-0.05, 0) is 12.1 Å². The van der Waals surface area contributed by atoms with Gasteiger partial charge in [-0.1, -0.05) is 0 Å². The summed E-state index contributed by atoms with van der Waals surface area (Å²) >= 11 is 0. The number of nitriles is 1. The van der Waals surface area contributed by atoms with Gasteiger partial charge in [-0.15, -0.1) is 0 Å². The maximum absolute atomic E-state index is 11.9. The van der Waals surface area contributed by atoms with Crippen molar-refractivity contribution in [3.8, 4) is 6.07 Å². The molecular weight excluding hydrogens is 256 g/mol. The third kappa shape index (κ3) is 2.64. The van der Waals surface area contributed by atoms with Crippen LogP contribution < -0.4 is 10.0 Å². The number of pyridine rings is 1. The number of sulfonamides is 1. The van der Waals surface area contributed by atoms with Crippen molar-refractivity contribution in [2.24, 2.45) is 0 Å². The van der Waals surface area contributed by atoms with Gasteiger partial charge in [0.2, 0.25) is 15.9 Å². The molecule has 1 saturated heterocycles. The molecule has 94 valence electrons. The van der Waals surface area contributed by atoms with Gasteiger partial charge in [-0.25, -0.2) is 18.1 Å². The molecule has 18 heavy (non-hydrogen) atoms. The summed E-state index contributed by atoms with van der Waals surface area (Å²) in [6, 6.07) is 3.99. The molecule has 0 radical (unpaired) electrons. The maximum atomic E-state index is 11.9.